The minimum absolute atomic E-state index is 0.0577. The van der Waals surface area contributed by atoms with Gasteiger partial charge in [-0.15, -0.1) is 0 Å². The second-order valence-corrected chi connectivity index (χ2v) is 4.69. The Morgan fingerprint density at radius 3 is 2.10 bits per heavy atom. The van der Waals surface area contributed by atoms with Gasteiger partial charge in [-0.25, -0.2) is 0 Å². The van der Waals surface area contributed by atoms with Gasteiger partial charge in [-0.3, -0.25) is 24.6 Å². The van der Waals surface area contributed by atoms with Gasteiger partial charge in [-0.05, 0) is 19.2 Å². The number of Topliss-reactive ketones (excluding diaryl/α,β-unsaturated/α-hetero) is 1. The maximum absolute atomic E-state index is 12.0. The molecule has 108 valence electrons. The lowest BCUT2D eigenvalue weighted by Gasteiger charge is -2.18. The van der Waals surface area contributed by atoms with Gasteiger partial charge < -0.3 is 4.90 Å². The Hall–Kier alpha value is -2.28. The number of amides is 1. The zero-order chi connectivity index (χ0) is 15.3. The van der Waals surface area contributed by atoms with Crippen LogP contribution in [0.1, 0.15) is 10.4 Å². The van der Waals surface area contributed by atoms with Gasteiger partial charge in [0.15, 0.2) is 5.78 Å². The van der Waals surface area contributed by atoms with Crippen LogP contribution in [0.15, 0.2) is 24.3 Å². The first-order valence-corrected chi connectivity index (χ1v) is 5.97. The second kappa shape index (κ2) is 6.76. The second-order valence-electron chi connectivity index (χ2n) is 4.69. The molecule has 0 heterocycles. The number of benzene rings is 1. The molecule has 0 bridgehead atoms. The molecule has 1 amide bonds. The highest BCUT2D eigenvalue weighted by atomic mass is 16.6. The van der Waals surface area contributed by atoms with Gasteiger partial charge in [0.2, 0.25) is 5.91 Å². The number of likely N-dealkylation sites (N-methyl/N-ethyl adjacent to an activating group) is 2. The van der Waals surface area contributed by atoms with E-state index in [1.165, 1.54) is 29.2 Å². The number of nitrogens with zero attached hydrogens (tertiary/aromatic N) is 3. The van der Waals surface area contributed by atoms with E-state index in [9.17, 15) is 19.7 Å². The van der Waals surface area contributed by atoms with Crippen LogP contribution < -0.4 is 0 Å². The van der Waals surface area contributed by atoms with Crippen molar-refractivity contribution in [2.75, 3.05) is 34.2 Å². The molecule has 7 nitrogen and oxygen atoms in total. The Bertz CT molecular complexity index is 511. The van der Waals surface area contributed by atoms with Crippen molar-refractivity contribution < 1.29 is 14.5 Å². The number of carbonyl (C=O) groups is 2. The number of carbonyl (C=O) groups excluding carboxylic acids is 2. The van der Waals surface area contributed by atoms with E-state index in [-0.39, 0.29) is 30.5 Å². The molecule has 0 saturated carbocycles. The maximum atomic E-state index is 12.0. The first-order valence-electron chi connectivity index (χ1n) is 5.97. The monoisotopic (exact) mass is 279 g/mol. The van der Waals surface area contributed by atoms with Gasteiger partial charge in [0.1, 0.15) is 0 Å². The van der Waals surface area contributed by atoms with Crippen LogP contribution >= 0.6 is 0 Å². The summed E-state index contributed by atoms with van der Waals surface area (Å²) in [7, 11) is 4.97. The lowest BCUT2D eigenvalue weighted by atomic mass is 10.1. The number of non-ortho nitro benzene ring substituents is 1. The topological polar surface area (TPSA) is 83.8 Å². The van der Waals surface area contributed by atoms with Crippen molar-refractivity contribution in [2.24, 2.45) is 0 Å². The van der Waals surface area contributed by atoms with Crippen LogP contribution in [0.25, 0.3) is 0 Å². The van der Waals surface area contributed by atoms with Gasteiger partial charge in [0, 0.05) is 31.8 Å². The van der Waals surface area contributed by atoms with E-state index in [1.54, 1.807) is 26.0 Å². The highest BCUT2D eigenvalue weighted by Gasteiger charge is 2.14. The van der Waals surface area contributed by atoms with Crippen molar-refractivity contribution in [2.45, 2.75) is 0 Å². The largest absolute Gasteiger partial charge is 0.348 e. The van der Waals surface area contributed by atoms with E-state index in [0.29, 0.717) is 5.56 Å². The van der Waals surface area contributed by atoms with Crippen molar-refractivity contribution in [3.63, 3.8) is 0 Å². The van der Waals surface area contributed by atoms with E-state index in [1.807, 2.05) is 0 Å². The summed E-state index contributed by atoms with van der Waals surface area (Å²) in [6.45, 7) is 0.225. The number of hydrogen-bond donors (Lipinski definition) is 0. The zero-order valence-corrected chi connectivity index (χ0v) is 11.7. The number of nitro groups is 1. The summed E-state index contributed by atoms with van der Waals surface area (Å²) in [5.74, 6) is -0.280. The number of hydrogen-bond acceptors (Lipinski definition) is 5. The summed E-state index contributed by atoms with van der Waals surface area (Å²) < 4.78 is 0. The minimum Gasteiger partial charge on any atom is -0.348 e. The SMILES string of the molecule is CN(CC(=O)c1ccc([N+](=O)[O-])cc1)CC(=O)N(C)C. The van der Waals surface area contributed by atoms with Crippen molar-refractivity contribution >= 4 is 17.4 Å². The van der Waals surface area contributed by atoms with E-state index in [0.717, 1.165) is 0 Å². The fourth-order valence-corrected chi connectivity index (χ4v) is 1.53. The molecule has 0 spiro atoms. The molecule has 1 rings (SSSR count). The molecule has 0 aliphatic heterocycles. The number of rotatable bonds is 6. The number of nitro benzene ring substituents is 1. The summed E-state index contributed by atoms with van der Waals surface area (Å²) >= 11 is 0. The third-order valence-corrected chi connectivity index (χ3v) is 2.72. The summed E-state index contributed by atoms with van der Waals surface area (Å²) in [6, 6.07) is 5.42. The molecular weight excluding hydrogens is 262 g/mol. The first kappa shape index (κ1) is 15.8. The average molecular weight is 279 g/mol. The smallest absolute Gasteiger partial charge is 0.269 e. The van der Waals surface area contributed by atoms with Gasteiger partial charge in [0.05, 0.1) is 18.0 Å². The van der Waals surface area contributed by atoms with Gasteiger partial charge in [0.25, 0.3) is 5.69 Å². The Kier molecular flexibility index (Phi) is 5.33. The average Bonchev–Trinajstić information content (AvgIpc) is 2.38. The van der Waals surface area contributed by atoms with E-state index in [2.05, 4.69) is 0 Å². The van der Waals surface area contributed by atoms with E-state index >= 15 is 0 Å². The molecule has 0 saturated heterocycles. The summed E-state index contributed by atoms with van der Waals surface area (Å²) in [5, 5.41) is 10.5. The molecular formula is C13H17N3O4. The summed E-state index contributed by atoms with van der Waals surface area (Å²) in [5.41, 5.74) is 0.331. The molecule has 0 aliphatic carbocycles. The normalized spacial score (nSPS) is 10.4. The minimum atomic E-state index is -0.518. The van der Waals surface area contributed by atoms with E-state index in [4.69, 9.17) is 0 Å². The lowest BCUT2D eigenvalue weighted by molar-refractivity contribution is -0.384. The van der Waals surface area contributed by atoms with Crippen LogP contribution in [0.4, 0.5) is 5.69 Å². The fourth-order valence-electron chi connectivity index (χ4n) is 1.53. The predicted octanol–water partition coefficient (Wildman–Crippen LogP) is 0.797. The Morgan fingerprint density at radius 2 is 1.65 bits per heavy atom. The summed E-state index contributed by atoms with van der Waals surface area (Å²) in [4.78, 5) is 36.5. The van der Waals surface area contributed by atoms with Crippen molar-refractivity contribution in [3.05, 3.63) is 39.9 Å². The molecule has 0 N–H and O–H groups in total. The molecule has 7 heteroatoms. The van der Waals surface area contributed by atoms with Crippen LogP contribution in [0.3, 0.4) is 0 Å². The van der Waals surface area contributed by atoms with Crippen LogP contribution in [0, 0.1) is 10.1 Å². The third kappa shape index (κ3) is 4.43. The van der Waals surface area contributed by atoms with Gasteiger partial charge in [-0.2, -0.15) is 0 Å². The molecule has 0 atom stereocenters. The molecule has 0 aromatic heterocycles. The molecule has 1 aromatic rings. The van der Waals surface area contributed by atoms with Crippen molar-refractivity contribution in [3.8, 4) is 0 Å². The molecule has 0 fully saturated rings. The summed E-state index contributed by atoms with van der Waals surface area (Å²) in [6.07, 6.45) is 0. The molecule has 0 radical (unpaired) electrons. The van der Waals surface area contributed by atoms with Gasteiger partial charge >= 0.3 is 0 Å². The highest BCUT2D eigenvalue weighted by molar-refractivity contribution is 5.98. The van der Waals surface area contributed by atoms with Gasteiger partial charge in [-0.1, -0.05) is 0 Å². The Labute approximate surface area is 116 Å². The van der Waals surface area contributed by atoms with Crippen LogP contribution in [0.5, 0.6) is 0 Å². The van der Waals surface area contributed by atoms with Crippen LogP contribution in [-0.2, 0) is 4.79 Å². The molecule has 20 heavy (non-hydrogen) atoms. The van der Waals surface area contributed by atoms with E-state index < -0.39 is 4.92 Å². The molecule has 1 aromatic carbocycles. The quantitative estimate of drug-likeness (QED) is 0.437. The standard InChI is InChI=1S/C13H17N3O4/c1-14(2)13(18)9-15(3)8-12(17)10-4-6-11(7-5-10)16(19)20/h4-7H,8-9H2,1-3H3. The Morgan fingerprint density at radius 1 is 1.10 bits per heavy atom. The first-order chi connectivity index (χ1) is 9.31. The zero-order valence-electron chi connectivity index (χ0n) is 11.7. The predicted molar refractivity (Wildman–Crippen MR) is 73.6 cm³/mol. The molecule has 0 aliphatic rings. The highest BCUT2D eigenvalue weighted by Crippen LogP contribution is 2.12. The molecule has 0 unspecified atom stereocenters. The van der Waals surface area contributed by atoms with Crippen LogP contribution in [-0.4, -0.2) is 60.6 Å². The van der Waals surface area contributed by atoms with Crippen LogP contribution in [0.2, 0.25) is 0 Å². The lowest BCUT2D eigenvalue weighted by Crippen LogP contribution is -2.36. The maximum Gasteiger partial charge on any atom is 0.269 e. The third-order valence-electron chi connectivity index (χ3n) is 2.72. The fraction of sp³-hybridized carbons (Fsp3) is 0.385. The van der Waals surface area contributed by atoms with Crippen molar-refractivity contribution in [1.82, 2.24) is 9.80 Å². The van der Waals surface area contributed by atoms with Crippen molar-refractivity contribution in [1.29, 1.82) is 0 Å². The Balaban J connectivity index is 2.62. The number of ketones is 1.